The van der Waals surface area contributed by atoms with Crippen LogP contribution in [0.25, 0.3) is 0 Å². The molecule has 0 aliphatic rings. The van der Waals surface area contributed by atoms with Gasteiger partial charge in [-0.1, -0.05) is 18.2 Å². The van der Waals surface area contributed by atoms with Crippen molar-refractivity contribution in [1.82, 2.24) is 24.6 Å². The number of aryl methyl sites for hydroxylation is 1. The minimum atomic E-state index is -0.181. The van der Waals surface area contributed by atoms with E-state index in [1.165, 1.54) is 0 Å². The third kappa shape index (κ3) is 4.45. The number of para-hydroxylation sites is 1. The molecule has 7 heteroatoms. The molecule has 124 valence electrons. The van der Waals surface area contributed by atoms with Crippen molar-refractivity contribution in [3.63, 3.8) is 0 Å². The van der Waals surface area contributed by atoms with E-state index in [1.807, 2.05) is 41.1 Å². The average molecular weight is 325 g/mol. The van der Waals surface area contributed by atoms with Crippen LogP contribution in [0.5, 0.6) is 5.75 Å². The summed E-state index contributed by atoms with van der Waals surface area (Å²) in [5.74, 6) is 0.581. The van der Waals surface area contributed by atoms with Gasteiger partial charge >= 0.3 is 0 Å². The molecule has 24 heavy (non-hydrogen) atoms. The second-order valence-corrected chi connectivity index (χ2v) is 5.24. The van der Waals surface area contributed by atoms with Gasteiger partial charge in [0.25, 0.3) is 5.91 Å². The van der Waals surface area contributed by atoms with Gasteiger partial charge in [0.2, 0.25) is 0 Å². The van der Waals surface area contributed by atoms with Gasteiger partial charge in [0.15, 0.2) is 6.73 Å². The lowest BCUT2D eigenvalue weighted by Gasteiger charge is -2.06. The Hall–Kier alpha value is -3.09. The summed E-state index contributed by atoms with van der Waals surface area (Å²) in [5.41, 5.74) is 0.384. The summed E-state index contributed by atoms with van der Waals surface area (Å²) in [6, 6.07) is 11.2. The maximum Gasteiger partial charge on any atom is 0.271 e. The van der Waals surface area contributed by atoms with E-state index < -0.39 is 0 Å². The Labute approximate surface area is 139 Å². The Balaban J connectivity index is 1.41. The molecule has 1 N–H and O–H groups in total. The van der Waals surface area contributed by atoms with Crippen molar-refractivity contribution in [2.24, 2.45) is 0 Å². The fraction of sp³-hybridized carbons (Fsp3) is 0.235. The van der Waals surface area contributed by atoms with E-state index in [-0.39, 0.29) is 12.6 Å². The number of nitrogens with one attached hydrogen (secondary N) is 1. The van der Waals surface area contributed by atoms with Crippen molar-refractivity contribution < 1.29 is 9.53 Å². The first-order chi connectivity index (χ1) is 11.8. The molecule has 0 spiro atoms. The lowest BCUT2D eigenvalue weighted by Crippen LogP contribution is -2.25. The molecule has 0 bridgehead atoms. The summed E-state index contributed by atoms with van der Waals surface area (Å²) < 4.78 is 9.15. The molecule has 0 atom stereocenters. The number of aromatic nitrogens is 4. The van der Waals surface area contributed by atoms with Gasteiger partial charge < -0.3 is 14.6 Å². The minimum Gasteiger partial charge on any atom is -0.471 e. The number of hydrogen-bond acceptors (Lipinski definition) is 4. The number of benzene rings is 1. The van der Waals surface area contributed by atoms with E-state index in [0.717, 1.165) is 18.7 Å². The number of carbonyl (C=O) groups is 1. The highest BCUT2D eigenvalue weighted by Crippen LogP contribution is 2.09. The first-order valence-corrected chi connectivity index (χ1v) is 7.76. The van der Waals surface area contributed by atoms with E-state index in [9.17, 15) is 4.79 Å². The van der Waals surface area contributed by atoms with Crippen LogP contribution < -0.4 is 10.1 Å². The second kappa shape index (κ2) is 7.96. The first-order valence-electron chi connectivity index (χ1n) is 7.76. The van der Waals surface area contributed by atoms with Gasteiger partial charge in [0.1, 0.15) is 11.4 Å². The summed E-state index contributed by atoms with van der Waals surface area (Å²) in [4.78, 5) is 16.0. The minimum absolute atomic E-state index is 0.181. The lowest BCUT2D eigenvalue weighted by atomic mass is 10.3. The van der Waals surface area contributed by atoms with Crippen LogP contribution in [-0.4, -0.2) is 31.8 Å². The van der Waals surface area contributed by atoms with Crippen LogP contribution in [0.15, 0.2) is 61.3 Å². The molecule has 7 nitrogen and oxygen atoms in total. The molecule has 1 aromatic carbocycles. The van der Waals surface area contributed by atoms with E-state index in [2.05, 4.69) is 15.4 Å². The van der Waals surface area contributed by atoms with E-state index >= 15 is 0 Å². The molecule has 1 amide bonds. The van der Waals surface area contributed by atoms with Crippen molar-refractivity contribution in [3.05, 3.63) is 67.0 Å². The molecule has 3 rings (SSSR count). The standard InChI is InChI=1S/C17H19N5O2/c23-17(19-8-4-10-21-12-9-18-13-21)16-7-11-22(20-16)14-24-15-5-2-1-3-6-15/h1-3,5-7,9,11-13H,4,8,10,14H2,(H,19,23). The number of carbonyl (C=O) groups excluding carboxylic acids is 1. The molecule has 0 saturated heterocycles. The maximum absolute atomic E-state index is 12.0. The molecule has 0 unspecified atom stereocenters. The predicted octanol–water partition coefficient (Wildman–Crippen LogP) is 1.94. The van der Waals surface area contributed by atoms with Gasteiger partial charge in [-0.2, -0.15) is 5.10 Å². The summed E-state index contributed by atoms with van der Waals surface area (Å²) in [6.07, 6.45) is 7.96. The average Bonchev–Trinajstić information content (AvgIpc) is 3.29. The topological polar surface area (TPSA) is 74.0 Å². The lowest BCUT2D eigenvalue weighted by molar-refractivity contribution is 0.0945. The van der Waals surface area contributed by atoms with E-state index in [1.54, 1.807) is 29.5 Å². The number of rotatable bonds is 8. The fourth-order valence-corrected chi connectivity index (χ4v) is 2.19. The molecule has 2 aromatic heterocycles. The van der Waals surface area contributed by atoms with Crippen molar-refractivity contribution in [2.75, 3.05) is 6.54 Å². The molecular weight excluding hydrogens is 306 g/mol. The van der Waals surface area contributed by atoms with Gasteiger partial charge in [0.05, 0.1) is 6.33 Å². The molecule has 2 heterocycles. The van der Waals surface area contributed by atoms with Gasteiger partial charge in [-0.3, -0.25) is 4.79 Å². The molecule has 0 aliphatic carbocycles. The Bertz CT molecular complexity index is 752. The van der Waals surface area contributed by atoms with Crippen LogP contribution in [0.2, 0.25) is 0 Å². The number of ether oxygens (including phenoxy) is 1. The zero-order valence-electron chi connectivity index (χ0n) is 13.2. The van der Waals surface area contributed by atoms with Gasteiger partial charge in [-0.15, -0.1) is 0 Å². The van der Waals surface area contributed by atoms with Crippen LogP contribution in [0.1, 0.15) is 16.9 Å². The Morgan fingerprint density at radius 1 is 1.17 bits per heavy atom. The smallest absolute Gasteiger partial charge is 0.271 e. The summed E-state index contributed by atoms with van der Waals surface area (Å²) in [5, 5.41) is 7.08. The van der Waals surface area contributed by atoms with Crippen LogP contribution >= 0.6 is 0 Å². The largest absolute Gasteiger partial charge is 0.471 e. The monoisotopic (exact) mass is 325 g/mol. The predicted molar refractivity (Wildman–Crippen MR) is 88.5 cm³/mol. The number of imidazole rings is 1. The van der Waals surface area contributed by atoms with Gasteiger partial charge in [-0.25, -0.2) is 9.67 Å². The van der Waals surface area contributed by atoms with Crippen LogP contribution in [-0.2, 0) is 13.3 Å². The molecule has 0 radical (unpaired) electrons. The van der Waals surface area contributed by atoms with E-state index in [4.69, 9.17) is 4.74 Å². The van der Waals surface area contributed by atoms with Crippen molar-refractivity contribution in [1.29, 1.82) is 0 Å². The summed E-state index contributed by atoms with van der Waals surface area (Å²) in [7, 11) is 0. The van der Waals surface area contributed by atoms with Crippen LogP contribution in [0.4, 0.5) is 0 Å². The van der Waals surface area contributed by atoms with Crippen LogP contribution in [0, 0.1) is 0 Å². The first kappa shape index (κ1) is 15.8. The highest BCUT2D eigenvalue weighted by molar-refractivity contribution is 5.92. The number of nitrogens with zero attached hydrogens (tertiary/aromatic N) is 4. The number of hydrogen-bond donors (Lipinski definition) is 1. The summed E-state index contributed by atoms with van der Waals surface area (Å²) >= 11 is 0. The molecule has 3 aromatic rings. The quantitative estimate of drug-likeness (QED) is 0.642. The highest BCUT2D eigenvalue weighted by Gasteiger charge is 2.08. The van der Waals surface area contributed by atoms with Crippen molar-refractivity contribution in [2.45, 2.75) is 19.7 Å². The Kier molecular flexibility index (Phi) is 5.24. The maximum atomic E-state index is 12.0. The zero-order valence-corrected chi connectivity index (χ0v) is 13.2. The molecule has 0 aliphatic heterocycles. The normalized spacial score (nSPS) is 10.5. The Morgan fingerprint density at radius 3 is 2.83 bits per heavy atom. The van der Waals surface area contributed by atoms with Gasteiger partial charge in [0, 0.05) is 31.7 Å². The molecule has 0 saturated carbocycles. The summed E-state index contributed by atoms with van der Waals surface area (Å²) in [6.45, 7) is 1.67. The Morgan fingerprint density at radius 2 is 2.04 bits per heavy atom. The second-order valence-electron chi connectivity index (χ2n) is 5.24. The van der Waals surface area contributed by atoms with Crippen molar-refractivity contribution in [3.8, 4) is 5.75 Å². The fourth-order valence-electron chi connectivity index (χ4n) is 2.19. The van der Waals surface area contributed by atoms with Gasteiger partial charge in [-0.05, 0) is 24.6 Å². The highest BCUT2D eigenvalue weighted by atomic mass is 16.5. The van der Waals surface area contributed by atoms with E-state index in [0.29, 0.717) is 12.2 Å². The third-order valence-electron chi connectivity index (χ3n) is 3.42. The number of amides is 1. The SMILES string of the molecule is O=C(NCCCn1ccnc1)c1ccn(COc2ccccc2)n1. The molecule has 0 fully saturated rings. The van der Waals surface area contributed by atoms with Crippen molar-refractivity contribution >= 4 is 5.91 Å². The van der Waals surface area contributed by atoms with Crippen LogP contribution in [0.3, 0.4) is 0 Å². The third-order valence-corrected chi connectivity index (χ3v) is 3.42. The molecular formula is C17H19N5O2. The zero-order chi connectivity index (χ0) is 16.6.